The lowest BCUT2D eigenvalue weighted by molar-refractivity contribution is -0.193. The predicted octanol–water partition coefficient (Wildman–Crippen LogP) is 5.20. The molecule has 0 bridgehead atoms. The first kappa shape index (κ1) is 39.2. The van der Waals surface area contributed by atoms with Crippen LogP contribution >= 0.6 is 0 Å². The average Bonchev–Trinajstić information content (AvgIpc) is 3.56. The van der Waals surface area contributed by atoms with Gasteiger partial charge in [0.15, 0.2) is 0 Å². The molecule has 2 atom stereocenters. The number of amides is 1. The van der Waals surface area contributed by atoms with Gasteiger partial charge in [0.2, 0.25) is 5.91 Å². The molecule has 1 fully saturated rings. The summed E-state index contributed by atoms with van der Waals surface area (Å²) in [6.45, 7) is 5.68. The van der Waals surface area contributed by atoms with Crippen molar-refractivity contribution < 1.29 is 55.7 Å². The minimum atomic E-state index is -5.08. The van der Waals surface area contributed by atoms with Crippen LogP contribution in [0.15, 0.2) is 55.0 Å². The van der Waals surface area contributed by atoms with Gasteiger partial charge in [0, 0.05) is 38.2 Å². The second kappa shape index (κ2) is 17.3. The van der Waals surface area contributed by atoms with Gasteiger partial charge in [-0.3, -0.25) is 9.69 Å². The van der Waals surface area contributed by atoms with Crippen LogP contribution in [0, 0.1) is 25.2 Å². The molecule has 48 heavy (non-hydrogen) atoms. The number of halogens is 6. The van der Waals surface area contributed by atoms with Crippen molar-refractivity contribution in [2.45, 2.75) is 51.1 Å². The van der Waals surface area contributed by atoms with Crippen LogP contribution in [0.4, 0.5) is 32.0 Å². The maximum Gasteiger partial charge on any atom is 0.490 e. The molecule has 1 aliphatic rings. The number of aryl methyl sites for hydroxylation is 1. The van der Waals surface area contributed by atoms with E-state index in [0.29, 0.717) is 31.7 Å². The summed E-state index contributed by atoms with van der Waals surface area (Å²) in [4.78, 5) is 43.0. The SMILES string of the molecule is COCC[C@H]1CN(c2cccc(C)c2C)C(=O)CN1C(Cc1ccc(C#N)cc1)c1cnc[nH]1.O=C(O)C(F)(F)F.O=C(O)C(F)(F)F. The highest BCUT2D eigenvalue weighted by Gasteiger charge is 2.39. The molecule has 1 unspecified atom stereocenters. The lowest BCUT2D eigenvalue weighted by Gasteiger charge is -2.45. The standard InChI is InChI=1S/C27H31N5O2.2C2HF3O2/c1-19-5-4-6-25(20(19)2)32-16-23(11-12-34-3)31(17-27(32)33)26(24-15-29-18-30-24)13-21-7-9-22(14-28)10-8-21;2*3-2(4,5)1(6)7/h4-10,15,18,23,26H,11-13,16-17H2,1-3H3,(H,29,30);2*(H,6,7)/t23-,26?;;/m0../s1. The van der Waals surface area contributed by atoms with E-state index in [1.54, 1.807) is 13.4 Å². The van der Waals surface area contributed by atoms with Crippen molar-refractivity contribution in [1.82, 2.24) is 14.9 Å². The molecule has 4 rings (SSSR count). The fraction of sp³-hybridized carbons (Fsp3) is 0.387. The zero-order chi connectivity index (χ0) is 36.2. The first-order valence-electron chi connectivity index (χ1n) is 14.1. The van der Waals surface area contributed by atoms with Crippen LogP contribution in [0.3, 0.4) is 0 Å². The fourth-order valence-electron chi connectivity index (χ4n) is 4.72. The molecule has 1 aromatic heterocycles. The Balaban J connectivity index is 0.000000479. The summed E-state index contributed by atoms with van der Waals surface area (Å²) in [5, 5.41) is 23.4. The topological polar surface area (TPSA) is 160 Å². The molecular weight excluding hydrogens is 652 g/mol. The molecule has 2 heterocycles. The molecular formula is C31H33F6N5O6. The molecule has 0 spiro atoms. The molecule has 0 aliphatic carbocycles. The number of methoxy groups -OCH3 is 1. The Morgan fingerprint density at radius 1 is 1.06 bits per heavy atom. The molecule has 0 radical (unpaired) electrons. The van der Waals surface area contributed by atoms with Crippen LogP contribution in [-0.4, -0.2) is 88.1 Å². The van der Waals surface area contributed by atoms with Gasteiger partial charge in [-0.25, -0.2) is 14.6 Å². The number of carbonyl (C=O) groups is 3. The number of carbonyl (C=O) groups excluding carboxylic acids is 1. The number of alkyl halides is 6. The Bertz CT molecular complexity index is 1530. The largest absolute Gasteiger partial charge is 0.490 e. The van der Waals surface area contributed by atoms with Gasteiger partial charge in [0.05, 0.1) is 36.2 Å². The molecule has 3 N–H and O–H groups in total. The van der Waals surface area contributed by atoms with Gasteiger partial charge in [-0.05, 0) is 61.6 Å². The van der Waals surface area contributed by atoms with E-state index in [1.807, 2.05) is 47.5 Å². The third-order valence-electron chi connectivity index (χ3n) is 7.28. The van der Waals surface area contributed by atoms with Gasteiger partial charge in [-0.2, -0.15) is 31.6 Å². The Morgan fingerprint density at radius 3 is 2.12 bits per heavy atom. The van der Waals surface area contributed by atoms with E-state index in [1.165, 1.54) is 5.56 Å². The summed E-state index contributed by atoms with van der Waals surface area (Å²) in [7, 11) is 1.71. The van der Waals surface area contributed by atoms with E-state index in [9.17, 15) is 31.1 Å². The Morgan fingerprint density at radius 2 is 1.65 bits per heavy atom. The number of nitrogens with zero attached hydrogens (tertiary/aromatic N) is 4. The smallest absolute Gasteiger partial charge is 0.475 e. The molecule has 11 nitrogen and oxygen atoms in total. The molecule has 1 amide bonds. The Hall–Kier alpha value is -4.95. The van der Waals surface area contributed by atoms with E-state index < -0.39 is 24.3 Å². The van der Waals surface area contributed by atoms with Gasteiger partial charge in [-0.15, -0.1) is 0 Å². The number of imidazole rings is 1. The summed E-state index contributed by atoms with van der Waals surface area (Å²) in [5.41, 5.74) is 6.01. The number of nitrogens with one attached hydrogen (secondary N) is 1. The van der Waals surface area contributed by atoms with Gasteiger partial charge in [-0.1, -0.05) is 24.3 Å². The van der Waals surface area contributed by atoms with Crippen LogP contribution in [0.1, 0.15) is 40.4 Å². The third kappa shape index (κ3) is 11.4. The van der Waals surface area contributed by atoms with Crippen LogP contribution < -0.4 is 4.90 Å². The van der Waals surface area contributed by atoms with Crippen LogP contribution in [0.25, 0.3) is 0 Å². The van der Waals surface area contributed by atoms with E-state index in [0.717, 1.165) is 28.9 Å². The molecule has 1 saturated heterocycles. The number of piperazine rings is 1. The van der Waals surface area contributed by atoms with Gasteiger partial charge in [0.25, 0.3) is 0 Å². The van der Waals surface area contributed by atoms with Crippen molar-refractivity contribution in [1.29, 1.82) is 5.26 Å². The summed E-state index contributed by atoms with van der Waals surface area (Å²) in [6.07, 6.45) is -5.14. The number of anilines is 1. The minimum Gasteiger partial charge on any atom is -0.475 e. The summed E-state index contributed by atoms with van der Waals surface area (Å²) < 4.78 is 68.9. The van der Waals surface area contributed by atoms with Gasteiger partial charge in [0.1, 0.15) is 0 Å². The third-order valence-corrected chi connectivity index (χ3v) is 7.28. The molecule has 260 valence electrons. The van der Waals surface area contributed by atoms with Crippen molar-refractivity contribution in [3.8, 4) is 6.07 Å². The van der Waals surface area contributed by atoms with E-state index in [2.05, 4.69) is 40.9 Å². The lowest BCUT2D eigenvalue weighted by Crippen LogP contribution is -2.58. The van der Waals surface area contributed by atoms with Crippen molar-refractivity contribution in [2.24, 2.45) is 0 Å². The number of aromatic amines is 1. The number of hydrogen-bond donors (Lipinski definition) is 3. The summed E-state index contributed by atoms with van der Waals surface area (Å²) in [5.74, 6) is -5.42. The van der Waals surface area contributed by atoms with Gasteiger partial charge < -0.3 is 24.8 Å². The summed E-state index contributed by atoms with van der Waals surface area (Å²) >= 11 is 0. The van der Waals surface area contributed by atoms with Crippen molar-refractivity contribution in [2.75, 3.05) is 31.7 Å². The predicted molar refractivity (Wildman–Crippen MR) is 159 cm³/mol. The van der Waals surface area contributed by atoms with Gasteiger partial charge >= 0.3 is 24.3 Å². The number of hydrogen-bond acceptors (Lipinski definition) is 7. The van der Waals surface area contributed by atoms with Crippen molar-refractivity contribution in [3.63, 3.8) is 0 Å². The number of aromatic nitrogens is 2. The van der Waals surface area contributed by atoms with Crippen molar-refractivity contribution in [3.05, 3.63) is 82.9 Å². The quantitative estimate of drug-likeness (QED) is 0.271. The average molecular weight is 686 g/mol. The first-order chi connectivity index (χ1) is 22.4. The van der Waals surface area contributed by atoms with E-state index >= 15 is 0 Å². The van der Waals surface area contributed by atoms with Crippen LogP contribution in [-0.2, 0) is 25.5 Å². The second-order valence-electron chi connectivity index (χ2n) is 10.5. The highest BCUT2D eigenvalue weighted by molar-refractivity contribution is 5.96. The maximum atomic E-state index is 13.5. The van der Waals surface area contributed by atoms with Crippen molar-refractivity contribution >= 4 is 23.5 Å². The molecule has 17 heteroatoms. The number of rotatable bonds is 8. The highest BCUT2D eigenvalue weighted by atomic mass is 19.4. The molecule has 2 aromatic carbocycles. The van der Waals surface area contributed by atoms with E-state index in [4.69, 9.17) is 29.8 Å². The fourth-order valence-corrected chi connectivity index (χ4v) is 4.72. The molecule has 3 aromatic rings. The Kier molecular flexibility index (Phi) is 14.1. The number of benzene rings is 2. The van der Waals surface area contributed by atoms with E-state index in [-0.39, 0.29) is 18.0 Å². The van der Waals surface area contributed by atoms with Crippen LogP contribution in [0.5, 0.6) is 0 Å². The lowest BCUT2D eigenvalue weighted by atomic mass is 9.96. The number of ether oxygens (including phenoxy) is 1. The van der Waals surface area contributed by atoms with Crippen LogP contribution in [0.2, 0.25) is 0 Å². The maximum absolute atomic E-state index is 13.5. The monoisotopic (exact) mass is 685 g/mol. The molecule has 1 aliphatic heterocycles. The zero-order valence-electron chi connectivity index (χ0n) is 26.0. The number of H-pyrrole nitrogens is 1. The summed E-state index contributed by atoms with van der Waals surface area (Å²) in [6, 6.07) is 16.0. The Labute approximate surface area is 271 Å². The number of aliphatic carboxylic acids is 2. The zero-order valence-corrected chi connectivity index (χ0v) is 26.0. The molecule has 0 saturated carbocycles. The second-order valence-corrected chi connectivity index (χ2v) is 10.5. The normalized spacial score (nSPS) is 15.7. The number of carboxylic acids is 2. The first-order valence-corrected chi connectivity index (χ1v) is 14.1. The minimum absolute atomic E-state index is 0.0537. The highest BCUT2D eigenvalue weighted by Crippen LogP contribution is 2.33. The number of carboxylic acid groups (broad SMARTS) is 2. The number of nitriles is 1.